The first kappa shape index (κ1) is 12.9. The molecular weight excluding hydrogens is 249 g/mol. The van der Waals surface area contributed by atoms with Crippen LogP contribution in [0.4, 0.5) is 13.2 Å². The lowest BCUT2D eigenvalue weighted by Crippen LogP contribution is -2.44. The number of alkyl halides is 3. The highest BCUT2D eigenvalue weighted by Gasteiger charge is 2.62. The van der Waals surface area contributed by atoms with Crippen molar-refractivity contribution in [1.82, 2.24) is 10.3 Å². The zero-order chi connectivity index (χ0) is 13.4. The molecule has 2 rings (SSSR count). The molecule has 0 unspecified atom stereocenters. The average molecular weight is 262 g/mol. The fourth-order valence-electron chi connectivity index (χ4n) is 1.72. The Morgan fingerprint density at radius 2 is 2.17 bits per heavy atom. The van der Waals surface area contributed by atoms with E-state index in [1.807, 2.05) is 0 Å². The summed E-state index contributed by atoms with van der Waals surface area (Å²) in [7, 11) is 1.24. The first-order chi connectivity index (χ1) is 8.38. The number of esters is 1. The molecular formula is C11H13F3N2O2. The SMILES string of the molecule is COC(=O)c1ccc(CNC2(C(F)(F)F)CC2)[nH]1. The van der Waals surface area contributed by atoms with Crippen molar-refractivity contribution < 1.29 is 22.7 Å². The minimum Gasteiger partial charge on any atom is -0.464 e. The highest BCUT2D eigenvalue weighted by atomic mass is 19.4. The smallest absolute Gasteiger partial charge is 0.406 e. The molecule has 1 heterocycles. The lowest BCUT2D eigenvalue weighted by Gasteiger charge is -2.20. The van der Waals surface area contributed by atoms with Crippen LogP contribution < -0.4 is 5.32 Å². The molecule has 0 aromatic carbocycles. The Labute approximate surface area is 102 Å². The largest absolute Gasteiger partial charge is 0.464 e. The molecule has 0 saturated heterocycles. The van der Waals surface area contributed by atoms with E-state index >= 15 is 0 Å². The molecule has 0 amide bonds. The van der Waals surface area contributed by atoms with Gasteiger partial charge in [-0.1, -0.05) is 0 Å². The van der Waals surface area contributed by atoms with Gasteiger partial charge in [0.05, 0.1) is 7.11 Å². The van der Waals surface area contributed by atoms with Gasteiger partial charge in [-0.25, -0.2) is 4.79 Å². The van der Waals surface area contributed by atoms with Crippen LogP contribution in [0.1, 0.15) is 29.0 Å². The second-order valence-corrected chi connectivity index (χ2v) is 4.32. The van der Waals surface area contributed by atoms with Gasteiger partial charge < -0.3 is 9.72 Å². The number of rotatable bonds is 4. The lowest BCUT2D eigenvalue weighted by molar-refractivity contribution is -0.166. The zero-order valence-electron chi connectivity index (χ0n) is 9.73. The maximum absolute atomic E-state index is 12.6. The molecule has 1 aromatic heterocycles. The van der Waals surface area contributed by atoms with Crippen molar-refractivity contribution in [3.05, 3.63) is 23.5 Å². The molecule has 1 fully saturated rings. The number of halogens is 3. The Morgan fingerprint density at radius 3 is 2.67 bits per heavy atom. The molecule has 18 heavy (non-hydrogen) atoms. The van der Waals surface area contributed by atoms with Gasteiger partial charge in [-0.05, 0) is 25.0 Å². The van der Waals surface area contributed by atoms with Crippen LogP contribution in [0.2, 0.25) is 0 Å². The Morgan fingerprint density at radius 1 is 1.50 bits per heavy atom. The molecule has 1 saturated carbocycles. The number of carbonyl (C=O) groups is 1. The van der Waals surface area contributed by atoms with Crippen LogP contribution in [-0.4, -0.2) is 29.8 Å². The summed E-state index contributed by atoms with van der Waals surface area (Å²) in [5.41, 5.74) is -0.999. The van der Waals surface area contributed by atoms with Crippen molar-refractivity contribution in [2.24, 2.45) is 0 Å². The highest BCUT2D eigenvalue weighted by molar-refractivity contribution is 5.87. The molecule has 0 spiro atoms. The van der Waals surface area contributed by atoms with Crippen molar-refractivity contribution >= 4 is 5.97 Å². The monoisotopic (exact) mass is 262 g/mol. The number of aromatic amines is 1. The Bertz CT molecular complexity index is 449. The van der Waals surface area contributed by atoms with Gasteiger partial charge in [-0.3, -0.25) is 5.32 Å². The predicted molar refractivity (Wildman–Crippen MR) is 57.0 cm³/mol. The van der Waals surface area contributed by atoms with Crippen molar-refractivity contribution in [3.63, 3.8) is 0 Å². The third kappa shape index (κ3) is 2.35. The first-order valence-electron chi connectivity index (χ1n) is 5.46. The normalized spacial score (nSPS) is 17.6. The van der Waals surface area contributed by atoms with Gasteiger partial charge >= 0.3 is 12.1 Å². The molecule has 7 heteroatoms. The van der Waals surface area contributed by atoms with Crippen LogP contribution in [0.15, 0.2) is 12.1 Å². The quantitative estimate of drug-likeness (QED) is 0.816. The summed E-state index contributed by atoms with van der Waals surface area (Å²) in [5, 5.41) is 2.49. The van der Waals surface area contributed by atoms with E-state index in [1.54, 1.807) is 6.07 Å². The minimum atomic E-state index is -4.23. The van der Waals surface area contributed by atoms with Gasteiger partial charge in [0.2, 0.25) is 0 Å². The third-order valence-electron chi connectivity index (χ3n) is 3.06. The topological polar surface area (TPSA) is 54.1 Å². The Kier molecular flexibility index (Phi) is 3.10. The first-order valence-corrected chi connectivity index (χ1v) is 5.46. The molecule has 4 nitrogen and oxygen atoms in total. The van der Waals surface area contributed by atoms with Crippen LogP contribution in [0.5, 0.6) is 0 Å². The van der Waals surface area contributed by atoms with Gasteiger partial charge in [-0.15, -0.1) is 0 Å². The van der Waals surface area contributed by atoms with Crippen molar-refractivity contribution in [3.8, 4) is 0 Å². The molecule has 100 valence electrons. The molecule has 0 aliphatic heterocycles. The summed E-state index contributed by atoms with van der Waals surface area (Å²) < 4.78 is 42.4. The van der Waals surface area contributed by atoms with E-state index in [1.165, 1.54) is 13.2 Å². The summed E-state index contributed by atoms with van der Waals surface area (Å²) in [6.45, 7) is 0.0382. The number of hydrogen-bond donors (Lipinski definition) is 2. The number of methoxy groups -OCH3 is 1. The van der Waals surface area contributed by atoms with Crippen LogP contribution >= 0.6 is 0 Å². The van der Waals surface area contributed by atoms with Crippen molar-refractivity contribution in [2.75, 3.05) is 7.11 Å². The van der Waals surface area contributed by atoms with E-state index in [0.717, 1.165) is 0 Å². The fraction of sp³-hybridized carbons (Fsp3) is 0.545. The maximum atomic E-state index is 12.6. The fourth-order valence-corrected chi connectivity index (χ4v) is 1.72. The van der Waals surface area contributed by atoms with E-state index in [9.17, 15) is 18.0 Å². The van der Waals surface area contributed by atoms with Crippen LogP contribution in [0, 0.1) is 0 Å². The second-order valence-electron chi connectivity index (χ2n) is 4.32. The molecule has 1 aliphatic rings. The number of hydrogen-bond acceptors (Lipinski definition) is 3. The van der Waals surface area contributed by atoms with E-state index in [2.05, 4.69) is 15.0 Å². The van der Waals surface area contributed by atoms with Gasteiger partial charge in [-0.2, -0.15) is 13.2 Å². The lowest BCUT2D eigenvalue weighted by atomic mass is 10.2. The van der Waals surface area contributed by atoms with E-state index in [-0.39, 0.29) is 25.1 Å². The van der Waals surface area contributed by atoms with Gasteiger partial charge in [0.25, 0.3) is 0 Å². The maximum Gasteiger partial charge on any atom is 0.406 e. The van der Waals surface area contributed by atoms with Gasteiger partial charge in [0.1, 0.15) is 11.2 Å². The number of aromatic nitrogens is 1. The van der Waals surface area contributed by atoms with Crippen LogP contribution in [0.3, 0.4) is 0 Å². The highest BCUT2D eigenvalue weighted by Crippen LogP contribution is 2.48. The summed E-state index contributed by atoms with van der Waals surface area (Å²) in [6.07, 6.45) is -4.03. The summed E-state index contributed by atoms with van der Waals surface area (Å²) in [5.74, 6) is -0.543. The zero-order valence-corrected chi connectivity index (χ0v) is 9.73. The molecule has 0 atom stereocenters. The standard InChI is InChI=1S/C11H13F3N2O2/c1-18-9(17)8-3-2-7(16-8)6-15-10(4-5-10)11(12,13)14/h2-3,15-16H,4-6H2,1H3. The molecule has 1 aromatic rings. The Hall–Kier alpha value is -1.50. The molecule has 2 N–H and O–H groups in total. The molecule has 0 bridgehead atoms. The predicted octanol–water partition coefficient (Wildman–Crippen LogP) is 1.99. The molecule has 0 radical (unpaired) electrons. The van der Waals surface area contributed by atoms with E-state index in [4.69, 9.17) is 0 Å². The van der Waals surface area contributed by atoms with Crippen molar-refractivity contribution in [1.29, 1.82) is 0 Å². The summed E-state index contributed by atoms with van der Waals surface area (Å²) in [6, 6.07) is 3.04. The van der Waals surface area contributed by atoms with E-state index < -0.39 is 17.7 Å². The Balaban J connectivity index is 1.95. The average Bonchev–Trinajstić information content (AvgIpc) is 2.97. The van der Waals surface area contributed by atoms with Gasteiger partial charge in [0, 0.05) is 12.2 Å². The van der Waals surface area contributed by atoms with Crippen molar-refractivity contribution in [2.45, 2.75) is 31.1 Å². The molecule has 1 aliphatic carbocycles. The summed E-state index contributed by atoms with van der Waals surface area (Å²) in [4.78, 5) is 13.9. The number of H-pyrrole nitrogens is 1. The second kappa shape index (κ2) is 4.31. The third-order valence-corrected chi connectivity index (χ3v) is 3.06. The van der Waals surface area contributed by atoms with Crippen LogP contribution in [-0.2, 0) is 11.3 Å². The minimum absolute atomic E-state index is 0.0382. The van der Waals surface area contributed by atoms with Gasteiger partial charge in [0.15, 0.2) is 0 Å². The van der Waals surface area contributed by atoms with Crippen LogP contribution in [0.25, 0.3) is 0 Å². The number of carbonyl (C=O) groups excluding carboxylic acids is 1. The van der Waals surface area contributed by atoms with E-state index in [0.29, 0.717) is 5.69 Å². The number of ether oxygens (including phenoxy) is 1. The number of nitrogens with one attached hydrogen (secondary N) is 2. The summed E-state index contributed by atoms with van der Waals surface area (Å²) >= 11 is 0.